The van der Waals surface area contributed by atoms with Gasteiger partial charge in [-0.3, -0.25) is 13.9 Å². The highest BCUT2D eigenvalue weighted by molar-refractivity contribution is 7.94. The van der Waals surface area contributed by atoms with Crippen molar-refractivity contribution in [2.24, 2.45) is 30.7 Å². The summed E-state index contributed by atoms with van der Waals surface area (Å²) in [5.41, 5.74) is 0.00821. The molecule has 0 radical (unpaired) electrons. The lowest BCUT2D eigenvalue weighted by Crippen LogP contribution is -2.06. The Balaban J connectivity index is 1.30. The molecule has 0 aliphatic rings. The highest BCUT2D eigenvalue weighted by atomic mass is 32.2. The van der Waals surface area contributed by atoms with Crippen molar-refractivity contribution >= 4 is 110 Å². The number of rotatable bonds is 14. The van der Waals surface area contributed by atoms with Gasteiger partial charge in [-0.2, -0.15) is 21.9 Å². The Labute approximate surface area is 360 Å². The van der Waals surface area contributed by atoms with E-state index in [0.717, 1.165) is 47.1 Å². The lowest BCUT2D eigenvalue weighted by atomic mass is 10.1. The first-order valence-electron chi connectivity index (χ1n) is 18.1. The highest BCUT2D eigenvalue weighted by Gasteiger charge is 2.21. The average Bonchev–Trinajstić information content (AvgIpc) is 3.24. The molecule has 23 heteroatoms. The number of anilines is 1. The van der Waals surface area contributed by atoms with Crippen molar-refractivity contribution in [3.8, 4) is 17.2 Å². The maximum atomic E-state index is 12.3. The smallest absolute Gasteiger partial charge is 0.295 e. The lowest BCUT2D eigenvalue weighted by Gasteiger charge is -2.12. The third-order valence-electron chi connectivity index (χ3n) is 9.03. The van der Waals surface area contributed by atoms with Crippen molar-refractivity contribution in [1.82, 2.24) is 0 Å². The van der Waals surface area contributed by atoms with Crippen molar-refractivity contribution in [1.29, 1.82) is 0 Å². The second-order valence-corrected chi connectivity index (χ2v) is 16.7. The first-order chi connectivity index (χ1) is 30.0. The third-order valence-corrected chi connectivity index (χ3v) is 11.4. The Kier molecular flexibility index (Phi) is 12.7. The standard InChI is InChI=1S/C40H31N7O13S3/c1-3-58-36-19-32(44-42-23-11-13-25-22(15-23)7-6-10-37(25)61-60-59-51)31(41-21(2)48)17-33(36)45-43-30-18-35(49)39(29-16-24(62(52,53)54)12-14-26(29)30)47-46-34-20-38(63(55,56)57)27-8-4-5-9-28(27)40(34)50/h4-20,49-51H,3H2,1-2H3,(H,41,48)(H,52,53,54)(H,55,56,57). The van der Waals surface area contributed by atoms with Gasteiger partial charge < -0.3 is 20.3 Å². The summed E-state index contributed by atoms with van der Waals surface area (Å²) in [6, 6.07) is 24.5. The molecule has 0 aliphatic carbocycles. The zero-order valence-electron chi connectivity index (χ0n) is 32.4. The van der Waals surface area contributed by atoms with Crippen molar-refractivity contribution in [2.45, 2.75) is 28.5 Å². The van der Waals surface area contributed by atoms with E-state index in [9.17, 15) is 40.9 Å². The Morgan fingerprint density at radius 3 is 2.11 bits per heavy atom. The predicted molar refractivity (Wildman–Crippen MR) is 230 cm³/mol. The fourth-order valence-corrected chi connectivity index (χ4v) is 8.07. The van der Waals surface area contributed by atoms with Gasteiger partial charge in [0.05, 0.1) is 40.6 Å². The van der Waals surface area contributed by atoms with Crippen molar-refractivity contribution in [3.63, 3.8) is 0 Å². The molecule has 0 saturated heterocycles. The minimum atomic E-state index is -4.83. The first kappa shape index (κ1) is 44.1. The Hall–Kier alpha value is -6.96. The molecule has 0 atom stereocenters. The molecule has 0 saturated carbocycles. The van der Waals surface area contributed by atoms with Gasteiger partial charge >= 0.3 is 0 Å². The number of fused-ring (bicyclic) bond motifs is 3. The van der Waals surface area contributed by atoms with Gasteiger partial charge in [0.15, 0.2) is 5.75 Å². The zero-order valence-corrected chi connectivity index (χ0v) is 34.9. The molecule has 63 heavy (non-hydrogen) atoms. The van der Waals surface area contributed by atoms with Gasteiger partial charge in [0.2, 0.25) is 5.91 Å². The minimum Gasteiger partial charge on any atom is -0.506 e. The van der Waals surface area contributed by atoms with Crippen LogP contribution in [0.15, 0.2) is 149 Å². The van der Waals surface area contributed by atoms with Crippen LogP contribution in [0.3, 0.4) is 0 Å². The quantitative estimate of drug-likeness (QED) is 0.0194. The van der Waals surface area contributed by atoms with Crippen molar-refractivity contribution in [3.05, 3.63) is 103 Å². The van der Waals surface area contributed by atoms with E-state index < -0.39 is 53.1 Å². The molecule has 0 heterocycles. The molecule has 7 aromatic carbocycles. The van der Waals surface area contributed by atoms with Gasteiger partial charge in [-0.25, -0.2) is 5.26 Å². The van der Waals surface area contributed by atoms with Crippen LogP contribution in [0.25, 0.3) is 32.3 Å². The van der Waals surface area contributed by atoms with E-state index in [0.29, 0.717) is 10.6 Å². The van der Waals surface area contributed by atoms with Gasteiger partial charge in [-0.05, 0) is 60.2 Å². The molecule has 0 bridgehead atoms. The predicted octanol–water partition coefficient (Wildman–Crippen LogP) is 11.1. The second-order valence-electron chi connectivity index (χ2n) is 13.1. The number of phenols is 2. The van der Waals surface area contributed by atoms with Crippen LogP contribution in [0.4, 0.5) is 39.8 Å². The van der Waals surface area contributed by atoms with Gasteiger partial charge in [0.1, 0.15) is 39.1 Å². The Bertz CT molecular complexity index is 3290. The fourth-order valence-electron chi connectivity index (χ4n) is 6.34. The molecule has 20 nitrogen and oxygen atoms in total. The number of carbonyl (C=O) groups is 1. The molecule has 322 valence electrons. The first-order valence-corrected chi connectivity index (χ1v) is 21.7. The number of ether oxygens (including phenoxy) is 1. The Morgan fingerprint density at radius 2 is 1.40 bits per heavy atom. The maximum Gasteiger partial charge on any atom is 0.295 e. The maximum absolute atomic E-state index is 12.3. The molecule has 1 amide bonds. The summed E-state index contributed by atoms with van der Waals surface area (Å²) in [5.74, 6) is -1.46. The SMILES string of the molecule is CCOc1cc(N=Nc2ccc3c(SOOO)cccc3c2)c(NC(C)=O)cc1N=Nc1cc(O)c(N=Nc2cc(S(=O)(=O)O)c3ccccc3c2O)c2cc(S(=O)(=O)O)ccc12. The van der Waals surface area contributed by atoms with Crippen LogP contribution in [-0.4, -0.2) is 53.9 Å². The molecule has 0 spiro atoms. The van der Waals surface area contributed by atoms with Crippen LogP contribution in [0.1, 0.15) is 13.8 Å². The third kappa shape index (κ3) is 9.75. The summed E-state index contributed by atoms with van der Waals surface area (Å²) in [6.45, 7) is 3.16. The topological polar surface area (TPSA) is 300 Å². The molecular weight excluding hydrogens is 883 g/mol. The number of carbonyl (C=O) groups excluding carboxylic acids is 1. The van der Waals surface area contributed by atoms with Gasteiger partial charge in [0, 0.05) is 45.5 Å². The van der Waals surface area contributed by atoms with E-state index in [-0.39, 0.29) is 62.3 Å². The number of azo groups is 3. The van der Waals surface area contributed by atoms with Crippen LogP contribution >= 0.6 is 12.0 Å². The number of nitrogens with zero attached hydrogens (tertiary/aromatic N) is 6. The average molecular weight is 914 g/mol. The number of benzene rings is 7. The molecule has 6 N–H and O–H groups in total. The molecule has 0 fully saturated rings. The number of amides is 1. The molecule has 7 rings (SSSR count). The lowest BCUT2D eigenvalue weighted by molar-refractivity contribution is -0.432. The molecule has 0 unspecified atom stereocenters. The largest absolute Gasteiger partial charge is 0.506 e. The van der Waals surface area contributed by atoms with Crippen molar-refractivity contribution < 1.29 is 60.3 Å². The molecule has 7 aromatic rings. The van der Waals surface area contributed by atoms with Crippen LogP contribution < -0.4 is 10.1 Å². The molecule has 0 aromatic heterocycles. The zero-order chi connectivity index (χ0) is 45.1. The van der Waals surface area contributed by atoms with Crippen molar-refractivity contribution in [2.75, 3.05) is 11.9 Å². The summed E-state index contributed by atoms with van der Waals surface area (Å²) < 4.78 is 79.2. The summed E-state index contributed by atoms with van der Waals surface area (Å²) >= 11 is 0.811. The minimum absolute atomic E-state index is 0.00561. The van der Waals surface area contributed by atoms with E-state index in [2.05, 4.69) is 45.4 Å². The van der Waals surface area contributed by atoms with E-state index in [4.69, 9.17) is 9.99 Å². The normalized spacial score (nSPS) is 12.4. The van der Waals surface area contributed by atoms with Crippen LogP contribution in [-0.2, 0) is 34.4 Å². The number of nitrogens with one attached hydrogen (secondary N) is 1. The van der Waals surface area contributed by atoms with Crippen LogP contribution in [0.2, 0.25) is 0 Å². The summed E-state index contributed by atoms with van der Waals surface area (Å²) in [6.07, 6.45) is 0. The Morgan fingerprint density at radius 1 is 0.683 bits per heavy atom. The van der Waals surface area contributed by atoms with E-state index in [1.165, 1.54) is 49.4 Å². The number of aromatic hydroxyl groups is 2. The van der Waals surface area contributed by atoms with Gasteiger partial charge in [-0.15, -0.1) is 29.9 Å². The second kappa shape index (κ2) is 18.2. The fraction of sp³-hybridized carbons (Fsp3) is 0.0750. The number of phenolic OH excluding ortho intramolecular Hbond substituents is 2. The van der Waals surface area contributed by atoms with E-state index in [1.807, 2.05) is 6.07 Å². The van der Waals surface area contributed by atoms with Gasteiger partial charge in [0.25, 0.3) is 20.2 Å². The highest BCUT2D eigenvalue weighted by Crippen LogP contribution is 2.46. The number of hydrogen-bond acceptors (Lipinski definition) is 18. The number of hydrogen-bond donors (Lipinski definition) is 6. The summed E-state index contributed by atoms with van der Waals surface area (Å²) in [5, 5.41) is 64.1. The molecular formula is C40H31N7O13S3. The van der Waals surface area contributed by atoms with Crippen LogP contribution in [0.5, 0.6) is 17.2 Å². The van der Waals surface area contributed by atoms with E-state index >= 15 is 0 Å². The monoisotopic (exact) mass is 913 g/mol. The van der Waals surface area contributed by atoms with Crippen LogP contribution in [0, 0.1) is 0 Å². The van der Waals surface area contributed by atoms with E-state index in [1.54, 1.807) is 37.3 Å². The summed E-state index contributed by atoms with van der Waals surface area (Å²) in [7, 11) is -9.63. The molecule has 0 aliphatic heterocycles. The summed E-state index contributed by atoms with van der Waals surface area (Å²) in [4.78, 5) is 11.8. The van der Waals surface area contributed by atoms with Gasteiger partial charge in [-0.1, -0.05) is 53.6 Å².